The molecule has 1 aliphatic rings. The molecule has 3 atom stereocenters. The Morgan fingerprint density at radius 3 is 2.39 bits per heavy atom. The van der Waals surface area contributed by atoms with Crippen LogP contribution in [0.5, 0.6) is 0 Å². The maximum Gasteiger partial charge on any atom is 0.224 e. The smallest absolute Gasteiger partial charge is 0.224 e. The molecule has 1 amide bonds. The van der Waals surface area contributed by atoms with E-state index in [2.05, 4.69) is 25.2 Å². The molecule has 1 N–H and O–H groups in total. The summed E-state index contributed by atoms with van der Waals surface area (Å²) < 4.78 is 0. The van der Waals surface area contributed by atoms with Gasteiger partial charge in [0.25, 0.3) is 0 Å². The Morgan fingerprint density at radius 1 is 1.09 bits per heavy atom. The summed E-state index contributed by atoms with van der Waals surface area (Å²) >= 11 is 5.97. The van der Waals surface area contributed by atoms with Crippen LogP contribution >= 0.6 is 11.6 Å². The van der Waals surface area contributed by atoms with Crippen LogP contribution in [0.15, 0.2) is 48.5 Å². The molecule has 0 fully saturated rings. The van der Waals surface area contributed by atoms with Gasteiger partial charge in [-0.15, -0.1) is 0 Å². The number of carbonyl (C=O) groups is 1. The lowest BCUT2D eigenvalue weighted by atomic mass is 9.82. The third-order valence-corrected chi connectivity index (χ3v) is 4.98. The van der Waals surface area contributed by atoms with Crippen LogP contribution in [0.2, 0.25) is 5.02 Å². The van der Waals surface area contributed by atoms with Crippen molar-refractivity contribution in [2.75, 3.05) is 10.2 Å². The number of carbonyl (C=O) groups excluding carboxylic acids is 1. The Hall–Kier alpha value is -2.00. The van der Waals surface area contributed by atoms with Crippen LogP contribution in [-0.4, -0.2) is 11.9 Å². The number of nitrogens with one attached hydrogen (secondary N) is 1. The molecule has 3 rings (SSSR count). The highest BCUT2D eigenvalue weighted by atomic mass is 35.5. The lowest BCUT2D eigenvalue weighted by molar-refractivity contribution is -0.117. The highest BCUT2D eigenvalue weighted by Gasteiger charge is 2.37. The van der Waals surface area contributed by atoms with Gasteiger partial charge in [-0.2, -0.15) is 0 Å². The molecule has 120 valence electrons. The van der Waals surface area contributed by atoms with Gasteiger partial charge in [0, 0.05) is 35.3 Å². The van der Waals surface area contributed by atoms with E-state index < -0.39 is 0 Å². The highest BCUT2D eigenvalue weighted by Crippen LogP contribution is 2.42. The van der Waals surface area contributed by atoms with Crippen LogP contribution in [0.1, 0.15) is 32.4 Å². The third-order valence-electron chi connectivity index (χ3n) is 4.73. The molecule has 0 saturated heterocycles. The second-order valence-electron chi connectivity index (χ2n) is 6.18. The average Bonchev–Trinajstić information content (AvgIpc) is 2.53. The lowest BCUT2D eigenvalue weighted by Crippen LogP contribution is -2.48. The number of fused-ring (bicyclic) bond motifs is 1. The number of hydrogen-bond donors (Lipinski definition) is 1. The number of rotatable bonds is 2. The SMILES string of the molecule is CC(=O)N1c2ccccc2C(Nc2ccc(Cl)cc2)[C@@H](C)[C@@H]1C. The minimum absolute atomic E-state index is 0.0849. The average molecular weight is 329 g/mol. The van der Waals surface area contributed by atoms with Gasteiger partial charge in [-0.25, -0.2) is 0 Å². The summed E-state index contributed by atoms with van der Waals surface area (Å²) in [5.41, 5.74) is 3.19. The molecular weight excluding hydrogens is 308 g/mol. The molecule has 0 aliphatic carbocycles. The zero-order valence-electron chi connectivity index (χ0n) is 13.6. The largest absolute Gasteiger partial charge is 0.378 e. The normalized spacial score (nSPS) is 23.3. The summed E-state index contributed by atoms with van der Waals surface area (Å²) in [5, 5.41) is 4.33. The van der Waals surface area contributed by atoms with Crippen molar-refractivity contribution in [1.29, 1.82) is 0 Å². The Labute approximate surface area is 142 Å². The van der Waals surface area contributed by atoms with Crippen molar-refractivity contribution in [2.24, 2.45) is 5.92 Å². The molecule has 4 heteroatoms. The van der Waals surface area contributed by atoms with Gasteiger partial charge in [-0.3, -0.25) is 4.79 Å². The van der Waals surface area contributed by atoms with Gasteiger partial charge in [0.05, 0.1) is 6.04 Å². The van der Waals surface area contributed by atoms with Crippen molar-refractivity contribution in [3.05, 3.63) is 59.1 Å². The summed E-state index contributed by atoms with van der Waals surface area (Å²) in [6.07, 6.45) is 0. The first-order valence-electron chi connectivity index (χ1n) is 7.90. The molecule has 3 nitrogen and oxygen atoms in total. The number of para-hydroxylation sites is 1. The van der Waals surface area contributed by atoms with Crippen molar-refractivity contribution in [3.8, 4) is 0 Å². The standard InChI is InChI=1S/C19H21ClN2O/c1-12-13(2)22(14(3)23)18-7-5-4-6-17(18)19(12)21-16-10-8-15(20)9-11-16/h4-13,19,21H,1-3H3/t12-,13-,19?/m0/s1. The third kappa shape index (κ3) is 2.93. The first-order valence-corrected chi connectivity index (χ1v) is 8.27. The molecular formula is C19H21ClN2O. The summed E-state index contributed by atoms with van der Waals surface area (Å²) in [7, 11) is 0. The number of benzene rings is 2. The van der Waals surface area contributed by atoms with E-state index in [0.29, 0.717) is 0 Å². The van der Waals surface area contributed by atoms with Gasteiger partial charge in [0.1, 0.15) is 0 Å². The van der Waals surface area contributed by atoms with Crippen molar-refractivity contribution in [3.63, 3.8) is 0 Å². The lowest BCUT2D eigenvalue weighted by Gasteiger charge is -2.44. The number of halogens is 1. The minimum Gasteiger partial charge on any atom is -0.378 e. The fourth-order valence-electron chi connectivity index (χ4n) is 3.38. The molecule has 0 saturated carbocycles. The molecule has 23 heavy (non-hydrogen) atoms. The molecule has 1 unspecified atom stereocenters. The second-order valence-corrected chi connectivity index (χ2v) is 6.61. The molecule has 1 heterocycles. The number of anilines is 2. The maximum atomic E-state index is 12.1. The van der Waals surface area contributed by atoms with E-state index in [0.717, 1.165) is 22.0 Å². The van der Waals surface area contributed by atoms with E-state index >= 15 is 0 Å². The van der Waals surface area contributed by atoms with E-state index in [4.69, 9.17) is 11.6 Å². The van der Waals surface area contributed by atoms with Gasteiger partial charge >= 0.3 is 0 Å². The predicted octanol–water partition coefficient (Wildman–Crippen LogP) is 4.88. The Balaban J connectivity index is 2.01. The maximum absolute atomic E-state index is 12.1. The van der Waals surface area contributed by atoms with Crippen LogP contribution in [0, 0.1) is 5.92 Å². The molecule has 0 radical (unpaired) electrons. The summed E-state index contributed by atoms with van der Waals surface area (Å²) in [6.45, 7) is 5.93. The number of amides is 1. The fraction of sp³-hybridized carbons (Fsp3) is 0.316. The Morgan fingerprint density at radius 2 is 1.74 bits per heavy atom. The molecule has 1 aliphatic heterocycles. The van der Waals surface area contributed by atoms with Gasteiger partial charge in [0.2, 0.25) is 5.91 Å². The van der Waals surface area contributed by atoms with Crippen molar-refractivity contribution in [2.45, 2.75) is 32.9 Å². The van der Waals surface area contributed by atoms with Gasteiger partial charge in [-0.05, 0) is 42.8 Å². The van der Waals surface area contributed by atoms with E-state index in [1.54, 1.807) is 6.92 Å². The highest BCUT2D eigenvalue weighted by molar-refractivity contribution is 6.30. The number of hydrogen-bond acceptors (Lipinski definition) is 2. The van der Waals surface area contributed by atoms with Crippen molar-refractivity contribution in [1.82, 2.24) is 0 Å². The Bertz CT molecular complexity index is 714. The summed E-state index contributed by atoms with van der Waals surface area (Å²) in [4.78, 5) is 14.0. The van der Waals surface area contributed by atoms with E-state index in [1.165, 1.54) is 0 Å². The van der Waals surface area contributed by atoms with Gasteiger partial charge in [-0.1, -0.05) is 36.7 Å². The van der Waals surface area contributed by atoms with Crippen LogP contribution in [0.3, 0.4) is 0 Å². The molecule has 0 spiro atoms. The summed E-state index contributed by atoms with van der Waals surface area (Å²) in [6, 6.07) is 16.2. The monoisotopic (exact) mass is 328 g/mol. The minimum atomic E-state index is 0.0849. The topological polar surface area (TPSA) is 32.3 Å². The summed E-state index contributed by atoms with van der Waals surface area (Å²) in [5.74, 6) is 0.367. The molecule has 0 aromatic heterocycles. The van der Waals surface area contributed by atoms with Crippen molar-refractivity contribution < 1.29 is 4.79 Å². The molecule has 2 aromatic carbocycles. The van der Waals surface area contributed by atoms with Crippen LogP contribution in [0.25, 0.3) is 0 Å². The second kappa shape index (κ2) is 6.25. The molecule has 0 bridgehead atoms. The first kappa shape index (κ1) is 15.9. The van der Waals surface area contributed by atoms with Crippen LogP contribution in [0.4, 0.5) is 11.4 Å². The van der Waals surface area contributed by atoms with Crippen molar-refractivity contribution >= 4 is 28.9 Å². The zero-order chi connectivity index (χ0) is 16.6. The van der Waals surface area contributed by atoms with E-state index in [9.17, 15) is 4.79 Å². The quantitative estimate of drug-likeness (QED) is 0.851. The Kier molecular flexibility index (Phi) is 4.31. The first-order chi connectivity index (χ1) is 11.0. The predicted molar refractivity (Wildman–Crippen MR) is 96.0 cm³/mol. The van der Waals surface area contributed by atoms with E-state index in [1.807, 2.05) is 47.4 Å². The number of nitrogens with zero attached hydrogens (tertiary/aromatic N) is 1. The van der Waals surface area contributed by atoms with Crippen LogP contribution in [-0.2, 0) is 4.79 Å². The van der Waals surface area contributed by atoms with E-state index in [-0.39, 0.29) is 23.9 Å². The molecule has 2 aromatic rings. The van der Waals surface area contributed by atoms with Gasteiger partial charge < -0.3 is 10.2 Å². The van der Waals surface area contributed by atoms with Gasteiger partial charge in [0.15, 0.2) is 0 Å². The zero-order valence-corrected chi connectivity index (χ0v) is 14.3. The fourth-order valence-corrected chi connectivity index (χ4v) is 3.50. The van der Waals surface area contributed by atoms with Crippen LogP contribution < -0.4 is 10.2 Å².